The van der Waals surface area contributed by atoms with Crippen LogP contribution in [0.5, 0.6) is 5.75 Å². The van der Waals surface area contributed by atoms with E-state index in [9.17, 15) is 19.5 Å². The number of hydrogen-bond donors (Lipinski definition) is 3. The average molecular weight is 332 g/mol. The summed E-state index contributed by atoms with van der Waals surface area (Å²) in [5.41, 5.74) is 0.969. The van der Waals surface area contributed by atoms with Crippen molar-refractivity contribution in [1.82, 2.24) is 0 Å². The number of ether oxygens (including phenoxy) is 1. The SMILES string of the molecule is COc1cc(NC(=O)[C@@H]2CC=CC[C@@H]2C(=O)O)ccc1NC(C)=O. The minimum atomic E-state index is -0.974. The lowest BCUT2D eigenvalue weighted by molar-refractivity contribution is -0.146. The van der Waals surface area contributed by atoms with Crippen LogP contribution in [-0.4, -0.2) is 30.0 Å². The summed E-state index contributed by atoms with van der Waals surface area (Å²) < 4.78 is 5.20. The van der Waals surface area contributed by atoms with Crippen LogP contribution in [0, 0.1) is 11.8 Å². The molecule has 3 N–H and O–H groups in total. The van der Waals surface area contributed by atoms with E-state index in [4.69, 9.17) is 4.74 Å². The molecule has 0 aliphatic heterocycles. The Labute approximate surface area is 139 Å². The number of carboxylic acid groups (broad SMARTS) is 1. The Bertz CT molecular complexity index is 684. The molecule has 0 saturated carbocycles. The number of hydrogen-bond acceptors (Lipinski definition) is 4. The standard InChI is InChI=1S/C17H20N2O5/c1-10(20)18-14-8-7-11(9-15(14)24-2)19-16(21)12-5-3-4-6-13(12)17(22)23/h3-4,7-9,12-13H,5-6H2,1-2H3,(H,18,20)(H,19,21)(H,22,23)/t12-,13+/m1/s1. The smallest absolute Gasteiger partial charge is 0.307 e. The van der Waals surface area contributed by atoms with Gasteiger partial charge in [0.2, 0.25) is 11.8 Å². The van der Waals surface area contributed by atoms with Crippen molar-refractivity contribution < 1.29 is 24.2 Å². The number of amides is 2. The van der Waals surface area contributed by atoms with Crippen LogP contribution in [0.4, 0.5) is 11.4 Å². The summed E-state index contributed by atoms with van der Waals surface area (Å²) in [5.74, 6) is -2.49. The predicted molar refractivity (Wildman–Crippen MR) is 88.9 cm³/mol. The molecule has 0 unspecified atom stereocenters. The van der Waals surface area contributed by atoms with Gasteiger partial charge in [0.25, 0.3) is 0 Å². The molecule has 1 aromatic carbocycles. The number of rotatable bonds is 5. The highest BCUT2D eigenvalue weighted by molar-refractivity contribution is 5.96. The summed E-state index contributed by atoms with van der Waals surface area (Å²) in [6.07, 6.45) is 4.35. The van der Waals surface area contributed by atoms with Crippen LogP contribution >= 0.6 is 0 Å². The summed E-state index contributed by atoms with van der Waals surface area (Å²) in [5, 5.41) is 14.6. The molecule has 0 radical (unpaired) electrons. The highest BCUT2D eigenvalue weighted by Crippen LogP contribution is 2.30. The summed E-state index contributed by atoms with van der Waals surface area (Å²) in [6.45, 7) is 1.39. The second-order valence-electron chi connectivity index (χ2n) is 5.58. The van der Waals surface area contributed by atoms with Crippen LogP contribution in [0.3, 0.4) is 0 Å². The molecule has 1 aromatic rings. The normalized spacial score (nSPS) is 19.4. The molecule has 2 rings (SSSR count). The van der Waals surface area contributed by atoms with Crippen molar-refractivity contribution in [2.24, 2.45) is 11.8 Å². The Morgan fingerprint density at radius 2 is 1.79 bits per heavy atom. The number of benzene rings is 1. The lowest BCUT2D eigenvalue weighted by Crippen LogP contribution is -2.34. The predicted octanol–water partition coefficient (Wildman–Crippen LogP) is 2.26. The van der Waals surface area contributed by atoms with Gasteiger partial charge >= 0.3 is 5.97 Å². The van der Waals surface area contributed by atoms with E-state index in [1.54, 1.807) is 24.3 Å². The fraction of sp³-hybridized carbons (Fsp3) is 0.353. The molecule has 0 spiro atoms. The van der Waals surface area contributed by atoms with Gasteiger partial charge in [0, 0.05) is 18.7 Å². The quantitative estimate of drug-likeness (QED) is 0.717. The Balaban J connectivity index is 2.15. The third kappa shape index (κ3) is 4.13. The number of carbonyl (C=O) groups excluding carboxylic acids is 2. The van der Waals surface area contributed by atoms with Gasteiger partial charge in [0.15, 0.2) is 0 Å². The third-order valence-electron chi connectivity index (χ3n) is 3.87. The molecule has 1 aliphatic carbocycles. The molecule has 128 valence electrons. The van der Waals surface area contributed by atoms with Gasteiger partial charge in [-0.05, 0) is 25.0 Å². The van der Waals surface area contributed by atoms with E-state index in [-0.39, 0.29) is 11.8 Å². The second-order valence-corrected chi connectivity index (χ2v) is 5.58. The highest BCUT2D eigenvalue weighted by Gasteiger charge is 2.34. The van der Waals surface area contributed by atoms with Crippen molar-refractivity contribution in [1.29, 1.82) is 0 Å². The molecule has 7 heteroatoms. The molecular weight excluding hydrogens is 312 g/mol. The van der Waals surface area contributed by atoms with Crippen LogP contribution in [0.1, 0.15) is 19.8 Å². The molecular formula is C17H20N2O5. The van der Waals surface area contributed by atoms with Crippen molar-refractivity contribution in [3.05, 3.63) is 30.4 Å². The number of nitrogens with one attached hydrogen (secondary N) is 2. The van der Waals surface area contributed by atoms with Crippen molar-refractivity contribution in [3.63, 3.8) is 0 Å². The van der Waals surface area contributed by atoms with Gasteiger partial charge in [-0.1, -0.05) is 12.2 Å². The van der Waals surface area contributed by atoms with Crippen LogP contribution < -0.4 is 15.4 Å². The fourth-order valence-corrected chi connectivity index (χ4v) is 2.67. The van der Waals surface area contributed by atoms with E-state index < -0.39 is 17.8 Å². The van der Waals surface area contributed by atoms with E-state index in [1.807, 2.05) is 6.08 Å². The zero-order valence-corrected chi connectivity index (χ0v) is 13.5. The third-order valence-corrected chi connectivity index (χ3v) is 3.87. The molecule has 0 fully saturated rings. The number of methoxy groups -OCH3 is 1. The molecule has 24 heavy (non-hydrogen) atoms. The first-order valence-corrected chi connectivity index (χ1v) is 7.56. The molecule has 7 nitrogen and oxygen atoms in total. The van der Waals surface area contributed by atoms with Crippen LogP contribution in [-0.2, 0) is 14.4 Å². The van der Waals surface area contributed by atoms with E-state index in [1.165, 1.54) is 14.0 Å². The Hall–Kier alpha value is -2.83. The number of carboxylic acids is 1. The van der Waals surface area contributed by atoms with Crippen molar-refractivity contribution in [3.8, 4) is 5.75 Å². The maximum Gasteiger partial charge on any atom is 0.307 e. The Kier molecular flexibility index (Phi) is 5.57. The maximum atomic E-state index is 12.4. The first-order valence-electron chi connectivity index (χ1n) is 7.56. The van der Waals surface area contributed by atoms with Crippen molar-refractivity contribution in [2.45, 2.75) is 19.8 Å². The summed E-state index contributed by atoms with van der Waals surface area (Å²) >= 11 is 0. The zero-order chi connectivity index (χ0) is 17.7. The Morgan fingerprint density at radius 1 is 1.12 bits per heavy atom. The molecule has 2 amide bonds. The van der Waals surface area contributed by atoms with Gasteiger partial charge in [-0.3, -0.25) is 14.4 Å². The summed E-state index contributed by atoms with van der Waals surface area (Å²) in [7, 11) is 1.46. The topological polar surface area (TPSA) is 105 Å². The maximum absolute atomic E-state index is 12.4. The van der Waals surface area contributed by atoms with E-state index in [2.05, 4.69) is 10.6 Å². The molecule has 1 aliphatic rings. The zero-order valence-electron chi connectivity index (χ0n) is 13.5. The van der Waals surface area contributed by atoms with E-state index >= 15 is 0 Å². The molecule has 0 heterocycles. The van der Waals surface area contributed by atoms with Gasteiger partial charge < -0.3 is 20.5 Å². The van der Waals surface area contributed by atoms with E-state index in [0.717, 1.165) is 0 Å². The number of carbonyl (C=O) groups is 3. The number of allylic oxidation sites excluding steroid dienone is 2. The van der Waals surface area contributed by atoms with Crippen molar-refractivity contribution >= 4 is 29.2 Å². The van der Waals surface area contributed by atoms with Gasteiger partial charge in [-0.15, -0.1) is 0 Å². The minimum absolute atomic E-state index is 0.233. The summed E-state index contributed by atoms with van der Waals surface area (Å²) in [6, 6.07) is 4.82. The minimum Gasteiger partial charge on any atom is -0.494 e. The number of aliphatic carboxylic acids is 1. The van der Waals surface area contributed by atoms with Gasteiger partial charge in [-0.2, -0.15) is 0 Å². The van der Waals surface area contributed by atoms with Crippen molar-refractivity contribution in [2.75, 3.05) is 17.7 Å². The lowest BCUT2D eigenvalue weighted by atomic mass is 9.82. The highest BCUT2D eigenvalue weighted by atomic mass is 16.5. The fourth-order valence-electron chi connectivity index (χ4n) is 2.67. The van der Waals surface area contributed by atoms with Gasteiger partial charge in [-0.25, -0.2) is 0 Å². The number of anilines is 2. The van der Waals surface area contributed by atoms with Gasteiger partial charge in [0.1, 0.15) is 5.75 Å². The van der Waals surface area contributed by atoms with E-state index in [0.29, 0.717) is 30.0 Å². The van der Waals surface area contributed by atoms with Gasteiger partial charge in [0.05, 0.1) is 24.6 Å². The molecule has 2 atom stereocenters. The second kappa shape index (κ2) is 7.63. The van der Waals surface area contributed by atoms with Crippen LogP contribution in [0.2, 0.25) is 0 Å². The molecule has 0 saturated heterocycles. The summed E-state index contributed by atoms with van der Waals surface area (Å²) in [4.78, 5) is 34.9. The van der Waals surface area contributed by atoms with Crippen LogP contribution in [0.25, 0.3) is 0 Å². The first-order chi connectivity index (χ1) is 11.4. The average Bonchev–Trinajstić information content (AvgIpc) is 2.55. The first kappa shape index (κ1) is 17.5. The lowest BCUT2D eigenvalue weighted by Gasteiger charge is -2.24. The Morgan fingerprint density at radius 3 is 2.38 bits per heavy atom. The largest absolute Gasteiger partial charge is 0.494 e. The monoisotopic (exact) mass is 332 g/mol. The molecule has 0 aromatic heterocycles. The van der Waals surface area contributed by atoms with Crippen LogP contribution in [0.15, 0.2) is 30.4 Å². The molecule has 0 bridgehead atoms.